The zero-order valence-corrected chi connectivity index (χ0v) is 15.4. The Labute approximate surface area is 154 Å². The van der Waals surface area contributed by atoms with Crippen LogP contribution < -0.4 is 5.32 Å². The van der Waals surface area contributed by atoms with Gasteiger partial charge < -0.3 is 14.8 Å². The van der Waals surface area contributed by atoms with Gasteiger partial charge in [0.1, 0.15) is 11.6 Å². The number of likely N-dealkylation sites (tertiary alicyclic amines) is 1. The molecule has 0 bridgehead atoms. The van der Waals surface area contributed by atoms with Crippen molar-refractivity contribution in [2.24, 2.45) is 0 Å². The Hall–Kier alpha value is -2.37. The molecule has 0 aliphatic carbocycles. The van der Waals surface area contributed by atoms with Crippen molar-refractivity contribution in [3.63, 3.8) is 0 Å². The molecule has 1 atom stereocenters. The summed E-state index contributed by atoms with van der Waals surface area (Å²) in [7, 11) is 0. The first-order valence-corrected chi connectivity index (χ1v) is 9.75. The number of aromatic nitrogens is 3. The maximum atomic E-state index is 12.7. The smallest absolute Gasteiger partial charge is 0.321 e. The topological polar surface area (TPSA) is 63.1 Å². The van der Waals surface area contributed by atoms with Crippen LogP contribution in [0.5, 0.6) is 0 Å². The van der Waals surface area contributed by atoms with Gasteiger partial charge in [-0.2, -0.15) is 0 Å². The second-order valence-electron chi connectivity index (χ2n) is 7.52. The fourth-order valence-corrected chi connectivity index (χ4v) is 4.11. The normalized spacial score (nSPS) is 20.3. The molecule has 2 aliphatic heterocycles. The van der Waals surface area contributed by atoms with Crippen molar-refractivity contribution in [1.29, 1.82) is 0 Å². The molecule has 6 heteroatoms. The van der Waals surface area contributed by atoms with Crippen molar-refractivity contribution >= 4 is 11.7 Å². The molecule has 2 aromatic rings. The van der Waals surface area contributed by atoms with Crippen LogP contribution in [0, 0.1) is 6.92 Å². The molecule has 0 radical (unpaired) electrons. The van der Waals surface area contributed by atoms with E-state index in [-0.39, 0.29) is 11.9 Å². The highest BCUT2D eigenvalue weighted by Gasteiger charge is 2.29. The van der Waals surface area contributed by atoms with E-state index in [2.05, 4.69) is 20.1 Å². The Bertz CT molecular complexity index is 784. The number of nitrogens with one attached hydrogen (secondary N) is 1. The van der Waals surface area contributed by atoms with Crippen molar-refractivity contribution in [1.82, 2.24) is 19.7 Å². The number of aryl methyl sites for hydroxylation is 2. The molecule has 1 aromatic heterocycles. The SMILES string of the molecule is Cc1cccc(NC(=O)N2CCC[C@H](c3nnc4n3CCCCC4)C2)c1. The highest BCUT2D eigenvalue weighted by Crippen LogP contribution is 2.28. The van der Waals surface area contributed by atoms with Crippen LogP contribution in [-0.2, 0) is 13.0 Å². The summed E-state index contributed by atoms with van der Waals surface area (Å²) in [5.74, 6) is 2.49. The van der Waals surface area contributed by atoms with Gasteiger partial charge in [0, 0.05) is 37.7 Å². The van der Waals surface area contributed by atoms with Crippen molar-refractivity contribution in [2.45, 2.75) is 57.9 Å². The van der Waals surface area contributed by atoms with E-state index < -0.39 is 0 Å². The molecular formula is C20H27N5O. The lowest BCUT2D eigenvalue weighted by atomic mass is 9.97. The Morgan fingerprint density at radius 2 is 2.08 bits per heavy atom. The zero-order chi connectivity index (χ0) is 17.9. The zero-order valence-electron chi connectivity index (χ0n) is 15.4. The third-order valence-electron chi connectivity index (χ3n) is 5.48. The van der Waals surface area contributed by atoms with Crippen LogP contribution in [0.4, 0.5) is 10.5 Å². The quantitative estimate of drug-likeness (QED) is 0.895. The van der Waals surface area contributed by atoms with Gasteiger partial charge in [-0.25, -0.2) is 4.79 Å². The van der Waals surface area contributed by atoms with Gasteiger partial charge in [0.15, 0.2) is 0 Å². The second kappa shape index (κ2) is 7.48. The maximum Gasteiger partial charge on any atom is 0.321 e. The second-order valence-corrected chi connectivity index (χ2v) is 7.52. The number of carbonyl (C=O) groups is 1. The number of hydrogen-bond donors (Lipinski definition) is 1. The number of anilines is 1. The van der Waals surface area contributed by atoms with E-state index in [1.54, 1.807) is 0 Å². The molecule has 2 aliphatic rings. The van der Waals surface area contributed by atoms with E-state index in [4.69, 9.17) is 0 Å². The minimum atomic E-state index is -0.0177. The number of hydrogen-bond acceptors (Lipinski definition) is 3. The fourth-order valence-electron chi connectivity index (χ4n) is 4.11. The standard InChI is InChI=1S/C20H27N5O/c1-15-7-5-9-17(13-15)21-20(26)24-11-6-8-16(14-24)19-23-22-18-10-3-2-4-12-25(18)19/h5,7,9,13,16H,2-4,6,8,10-12,14H2,1H3,(H,21,26)/t16-/m0/s1. The number of benzene rings is 1. The summed E-state index contributed by atoms with van der Waals surface area (Å²) < 4.78 is 2.32. The molecule has 1 saturated heterocycles. The monoisotopic (exact) mass is 353 g/mol. The van der Waals surface area contributed by atoms with Crippen molar-refractivity contribution < 1.29 is 4.79 Å². The summed E-state index contributed by atoms with van der Waals surface area (Å²) in [6.45, 7) is 4.57. The van der Waals surface area contributed by atoms with Crippen LogP contribution in [0.3, 0.4) is 0 Å². The number of carbonyl (C=O) groups excluding carboxylic acids is 1. The molecule has 3 heterocycles. The molecule has 1 fully saturated rings. The van der Waals surface area contributed by atoms with Gasteiger partial charge >= 0.3 is 6.03 Å². The number of rotatable bonds is 2. The first kappa shape index (κ1) is 17.1. The fraction of sp³-hybridized carbons (Fsp3) is 0.550. The Balaban J connectivity index is 1.46. The Morgan fingerprint density at radius 3 is 2.96 bits per heavy atom. The number of piperidine rings is 1. The van der Waals surface area contributed by atoms with Gasteiger partial charge in [0.2, 0.25) is 0 Å². The van der Waals surface area contributed by atoms with E-state index >= 15 is 0 Å². The predicted octanol–water partition coefficient (Wildman–Crippen LogP) is 3.72. The summed E-state index contributed by atoms with van der Waals surface area (Å²) in [5.41, 5.74) is 2.00. The first-order valence-electron chi connectivity index (χ1n) is 9.75. The largest absolute Gasteiger partial charge is 0.324 e. The van der Waals surface area contributed by atoms with E-state index in [9.17, 15) is 4.79 Å². The first-order chi connectivity index (χ1) is 12.7. The maximum absolute atomic E-state index is 12.7. The number of urea groups is 1. The summed E-state index contributed by atoms with van der Waals surface area (Å²) in [6, 6.07) is 7.91. The van der Waals surface area contributed by atoms with E-state index in [0.717, 1.165) is 61.8 Å². The Kier molecular flexibility index (Phi) is 4.91. The minimum absolute atomic E-state index is 0.0177. The van der Waals surface area contributed by atoms with Crippen LogP contribution in [0.2, 0.25) is 0 Å². The molecule has 1 N–H and O–H groups in total. The van der Waals surface area contributed by atoms with Crippen LogP contribution in [0.25, 0.3) is 0 Å². The third-order valence-corrected chi connectivity index (χ3v) is 5.48. The predicted molar refractivity (Wildman–Crippen MR) is 101 cm³/mol. The van der Waals surface area contributed by atoms with Crippen LogP contribution in [0.15, 0.2) is 24.3 Å². The molecule has 1 aromatic carbocycles. The van der Waals surface area contributed by atoms with Gasteiger partial charge in [-0.15, -0.1) is 10.2 Å². The molecular weight excluding hydrogens is 326 g/mol. The van der Waals surface area contributed by atoms with Crippen molar-refractivity contribution in [3.05, 3.63) is 41.5 Å². The lowest BCUT2D eigenvalue weighted by molar-refractivity contribution is 0.190. The number of amides is 2. The molecule has 26 heavy (non-hydrogen) atoms. The molecule has 138 valence electrons. The molecule has 0 saturated carbocycles. The minimum Gasteiger partial charge on any atom is -0.324 e. The van der Waals surface area contributed by atoms with Crippen molar-refractivity contribution in [3.8, 4) is 0 Å². The van der Waals surface area contributed by atoms with Gasteiger partial charge in [-0.3, -0.25) is 0 Å². The summed E-state index contributed by atoms with van der Waals surface area (Å²) in [5, 5.41) is 12.0. The van der Waals surface area contributed by atoms with Crippen LogP contribution >= 0.6 is 0 Å². The van der Waals surface area contributed by atoms with Crippen LogP contribution in [-0.4, -0.2) is 38.8 Å². The molecule has 4 rings (SSSR count). The summed E-state index contributed by atoms with van der Waals surface area (Å²) >= 11 is 0. The molecule has 2 amide bonds. The van der Waals surface area contributed by atoms with E-state index in [0.29, 0.717) is 0 Å². The van der Waals surface area contributed by atoms with Gasteiger partial charge in [-0.1, -0.05) is 18.6 Å². The highest BCUT2D eigenvalue weighted by molar-refractivity contribution is 5.89. The van der Waals surface area contributed by atoms with Crippen molar-refractivity contribution in [2.75, 3.05) is 18.4 Å². The number of nitrogens with zero attached hydrogens (tertiary/aromatic N) is 4. The van der Waals surface area contributed by atoms with E-state index in [1.807, 2.05) is 36.1 Å². The third kappa shape index (κ3) is 3.59. The molecule has 0 unspecified atom stereocenters. The van der Waals surface area contributed by atoms with Gasteiger partial charge in [0.25, 0.3) is 0 Å². The van der Waals surface area contributed by atoms with E-state index in [1.165, 1.54) is 19.3 Å². The van der Waals surface area contributed by atoms with Gasteiger partial charge in [-0.05, 0) is 50.3 Å². The molecule has 6 nitrogen and oxygen atoms in total. The summed E-state index contributed by atoms with van der Waals surface area (Å²) in [6.07, 6.45) is 6.77. The van der Waals surface area contributed by atoms with Crippen LogP contribution in [0.1, 0.15) is 55.2 Å². The molecule has 0 spiro atoms. The summed E-state index contributed by atoms with van der Waals surface area (Å²) in [4.78, 5) is 14.6. The van der Waals surface area contributed by atoms with Gasteiger partial charge in [0.05, 0.1) is 0 Å². The highest BCUT2D eigenvalue weighted by atomic mass is 16.2. The average molecular weight is 353 g/mol. The Morgan fingerprint density at radius 1 is 1.15 bits per heavy atom. The number of fused-ring (bicyclic) bond motifs is 1. The lowest BCUT2D eigenvalue weighted by Gasteiger charge is -2.32. The lowest BCUT2D eigenvalue weighted by Crippen LogP contribution is -2.42. The average Bonchev–Trinajstić information content (AvgIpc) is 2.90.